The number of benzene rings is 2. The van der Waals surface area contributed by atoms with Crippen molar-refractivity contribution < 1.29 is 4.74 Å². The van der Waals surface area contributed by atoms with Gasteiger partial charge in [0.05, 0.1) is 0 Å². The van der Waals surface area contributed by atoms with Crippen molar-refractivity contribution in [1.29, 1.82) is 0 Å². The third-order valence-electron chi connectivity index (χ3n) is 5.39. The van der Waals surface area contributed by atoms with Crippen LogP contribution in [0.15, 0.2) is 79.1 Å². The van der Waals surface area contributed by atoms with Crippen molar-refractivity contribution in [3.8, 4) is 5.75 Å². The summed E-state index contributed by atoms with van der Waals surface area (Å²) in [6.45, 7) is 5.49. The second-order valence-electron chi connectivity index (χ2n) is 7.70. The number of thiocarbonyl (C=S) groups is 1. The Hall–Kier alpha value is -2.96. The highest BCUT2D eigenvalue weighted by Gasteiger charge is 2.17. The number of hydrogen-bond donors (Lipinski definition) is 1. The molecule has 5 nitrogen and oxygen atoms in total. The summed E-state index contributed by atoms with van der Waals surface area (Å²) >= 11 is 5.69. The van der Waals surface area contributed by atoms with Gasteiger partial charge in [0.2, 0.25) is 0 Å². The fourth-order valence-electron chi connectivity index (χ4n) is 3.66. The molecule has 160 valence electrons. The first kappa shape index (κ1) is 21.3. The Labute approximate surface area is 189 Å². The predicted octanol–water partition coefficient (Wildman–Crippen LogP) is 4.57. The van der Waals surface area contributed by atoms with Gasteiger partial charge in [0.25, 0.3) is 0 Å². The standard InChI is InChI=1S/C25H28N4OS/c31-25(29-16-4-15-28(17-18-29)19-21-11-13-26-14-12-21)27-23-7-9-24(10-8-23)30-20-22-5-2-1-3-6-22/h1-3,5-14H,4,15-20H2,(H,27,31). The van der Waals surface area contributed by atoms with Crippen LogP contribution >= 0.6 is 12.2 Å². The fourth-order valence-corrected chi connectivity index (χ4v) is 3.96. The topological polar surface area (TPSA) is 40.6 Å². The van der Waals surface area contributed by atoms with Gasteiger partial charge in [0.1, 0.15) is 12.4 Å². The SMILES string of the molecule is S=C(Nc1ccc(OCc2ccccc2)cc1)N1CCCN(Cc2ccncc2)CC1. The molecule has 2 heterocycles. The lowest BCUT2D eigenvalue weighted by molar-refractivity contribution is 0.278. The Morgan fingerprint density at radius 1 is 0.871 bits per heavy atom. The molecule has 1 fully saturated rings. The van der Waals surface area contributed by atoms with E-state index in [2.05, 4.69) is 44.4 Å². The van der Waals surface area contributed by atoms with Gasteiger partial charge in [-0.15, -0.1) is 0 Å². The highest BCUT2D eigenvalue weighted by atomic mass is 32.1. The van der Waals surface area contributed by atoms with E-state index in [4.69, 9.17) is 17.0 Å². The maximum atomic E-state index is 5.87. The van der Waals surface area contributed by atoms with Gasteiger partial charge in [-0.1, -0.05) is 30.3 Å². The van der Waals surface area contributed by atoms with Gasteiger partial charge in [-0.2, -0.15) is 0 Å². The zero-order chi connectivity index (χ0) is 21.3. The molecule has 1 saturated heterocycles. The molecule has 1 aliphatic heterocycles. The Bertz CT molecular complexity index is 950. The number of anilines is 1. The van der Waals surface area contributed by atoms with E-state index < -0.39 is 0 Å². The first-order valence-electron chi connectivity index (χ1n) is 10.7. The van der Waals surface area contributed by atoms with Gasteiger partial charge in [0.15, 0.2) is 5.11 Å². The second-order valence-corrected chi connectivity index (χ2v) is 8.09. The third-order valence-corrected chi connectivity index (χ3v) is 5.75. The lowest BCUT2D eigenvalue weighted by Crippen LogP contribution is -2.37. The Kier molecular flexibility index (Phi) is 7.47. The number of hydrogen-bond acceptors (Lipinski definition) is 4. The molecule has 0 aliphatic carbocycles. The van der Waals surface area contributed by atoms with Crippen LogP contribution in [0.4, 0.5) is 5.69 Å². The molecule has 31 heavy (non-hydrogen) atoms. The van der Waals surface area contributed by atoms with E-state index in [0.717, 1.165) is 61.3 Å². The summed E-state index contributed by atoms with van der Waals surface area (Å²) in [4.78, 5) is 8.85. The lowest BCUT2D eigenvalue weighted by Gasteiger charge is -2.24. The molecular weight excluding hydrogens is 404 g/mol. The normalized spacial score (nSPS) is 14.6. The minimum Gasteiger partial charge on any atom is -0.489 e. The minimum absolute atomic E-state index is 0.565. The van der Waals surface area contributed by atoms with E-state index in [1.54, 1.807) is 0 Å². The molecule has 2 aromatic carbocycles. The van der Waals surface area contributed by atoms with Crippen LogP contribution in [0.2, 0.25) is 0 Å². The van der Waals surface area contributed by atoms with Gasteiger partial charge in [0, 0.05) is 50.8 Å². The van der Waals surface area contributed by atoms with E-state index in [9.17, 15) is 0 Å². The lowest BCUT2D eigenvalue weighted by atomic mass is 10.2. The molecule has 0 saturated carbocycles. The van der Waals surface area contributed by atoms with Crippen LogP contribution in [0, 0.1) is 0 Å². The molecule has 0 unspecified atom stereocenters. The van der Waals surface area contributed by atoms with Gasteiger partial charge in [-0.25, -0.2) is 0 Å². The van der Waals surface area contributed by atoms with E-state index in [0.29, 0.717) is 6.61 Å². The van der Waals surface area contributed by atoms with Crippen molar-refractivity contribution in [2.45, 2.75) is 19.6 Å². The average molecular weight is 433 g/mol. The molecule has 0 atom stereocenters. The Balaban J connectivity index is 1.25. The molecule has 0 bridgehead atoms. The van der Waals surface area contributed by atoms with Crippen LogP contribution in [0.3, 0.4) is 0 Å². The molecule has 4 rings (SSSR count). The largest absolute Gasteiger partial charge is 0.489 e. The number of pyridine rings is 1. The zero-order valence-electron chi connectivity index (χ0n) is 17.6. The first-order chi connectivity index (χ1) is 15.3. The molecular formula is C25H28N4OS. The van der Waals surface area contributed by atoms with E-state index in [-0.39, 0.29) is 0 Å². The summed E-state index contributed by atoms with van der Waals surface area (Å²) in [5.41, 5.74) is 3.44. The van der Waals surface area contributed by atoms with Gasteiger partial charge in [-0.3, -0.25) is 9.88 Å². The first-order valence-corrected chi connectivity index (χ1v) is 11.1. The molecule has 6 heteroatoms. The average Bonchev–Trinajstić information content (AvgIpc) is 3.06. The summed E-state index contributed by atoms with van der Waals surface area (Å²) in [6, 6.07) is 22.3. The zero-order valence-corrected chi connectivity index (χ0v) is 18.4. The van der Waals surface area contributed by atoms with Crippen molar-refractivity contribution in [2.24, 2.45) is 0 Å². The van der Waals surface area contributed by atoms with Gasteiger partial charge in [-0.05, 0) is 66.2 Å². The summed E-state index contributed by atoms with van der Waals surface area (Å²) in [5.74, 6) is 0.849. The second kappa shape index (κ2) is 10.9. The number of nitrogens with one attached hydrogen (secondary N) is 1. The van der Waals surface area contributed by atoms with Crippen molar-refractivity contribution >= 4 is 23.0 Å². The Morgan fingerprint density at radius 3 is 2.42 bits per heavy atom. The molecule has 1 N–H and O–H groups in total. The monoisotopic (exact) mass is 432 g/mol. The predicted molar refractivity (Wildman–Crippen MR) is 129 cm³/mol. The number of ether oxygens (including phenoxy) is 1. The maximum absolute atomic E-state index is 5.87. The van der Waals surface area contributed by atoms with Crippen molar-refractivity contribution in [3.63, 3.8) is 0 Å². The van der Waals surface area contributed by atoms with Crippen LogP contribution in [-0.4, -0.2) is 46.1 Å². The molecule has 1 aliphatic rings. The summed E-state index contributed by atoms with van der Waals surface area (Å²) in [7, 11) is 0. The van der Waals surface area contributed by atoms with Crippen LogP contribution in [-0.2, 0) is 13.2 Å². The van der Waals surface area contributed by atoms with Crippen LogP contribution < -0.4 is 10.1 Å². The van der Waals surface area contributed by atoms with Gasteiger partial charge < -0.3 is 15.0 Å². The van der Waals surface area contributed by atoms with E-state index in [1.165, 1.54) is 5.56 Å². The highest BCUT2D eigenvalue weighted by molar-refractivity contribution is 7.80. The van der Waals surface area contributed by atoms with Gasteiger partial charge >= 0.3 is 0 Å². The third kappa shape index (κ3) is 6.51. The number of aromatic nitrogens is 1. The molecule has 0 spiro atoms. The summed E-state index contributed by atoms with van der Waals surface area (Å²) in [6.07, 6.45) is 4.81. The highest BCUT2D eigenvalue weighted by Crippen LogP contribution is 2.18. The van der Waals surface area contributed by atoms with E-state index >= 15 is 0 Å². The Morgan fingerprint density at radius 2 is 1.65 bits per heavy atom. The van der Waals surface area contributed by atoms with Crippen molar-refractivity contribution in [1.82, 2.24) is 14.8 Å². The quantitative estimate of drug-likeness (QED) is 0.576. The van der Waals surface area contributed by atoms with E-state index in [1.807, 2.05) is 54.9 Å². The van der Waals surface area contributed by atoms with Crippen LogP contribution in [0.25, 0.3) is 0 Å². The molecule has 1 aromatic heterocycles. The minimum atomic E-state index is 0.565. The summed E-state index contributed by atoms with van der Waals surface area (Å²) in [5, 5.41) is 4.16. The number of rotatable bonds is 6. The molecule has 0 radical (unpaired) electrons. The fraction of sp³-hybridized carbons (Fsp3) is 0.280. The summed E-state index contributed by atoms with van der Waals surface area (Å²) < 4.78 is 5.87. The van der Waals surface area contributed by atoms with Crippen LogP contribution in [0.5, 0.6) is 5.75 Å². The van der Waals surface area contributed by atoms with Crippen molar-refractivity contribution in [2.75, 3.05) is 31.5 Å². The van der Waals surface area contributed by atoms with Crippen LogP contribution in [0.1, 0.15) is 17.5 Å². The maximum Gasteiger partial charge on any atom is 0.173 e. The molecule has 0 amide bonds. The molecule has 3 aromatic rings. The smallest absolute Gasteiger partial charge is 0.173 e. The number of nitrogens with zero attached hydrogens (tertiary/aromatic N) is 3. The van der Waals surface area contributed by atoms with Crippen molar-refractivity contribution in [3.05, 3.63) is 90.3 Å².